The fourth-order valence-corrected chi connectivity index (χ4v) is 3.36. The summed E-state index contributed by atoms with van der Waals surface area (Å²) in [6.07, 6.45) is 8.87. The van der Waals surface area contributed by atoms with Crippen molar-refractivity contribution in [3.05, 3.63) is 63.2 Å². The zero-order chi connectivity index (χ0) is 16.1. The minimum atomic E-state index is -0.387. The van der Waals surface area contributed by atoms with Crippen molar-refractivity contribution in [2.24, 2.45) is 0 Å². The van der Waals surface area contributed by atoms with Crippen molar-refractivity contribution in [1.29, 1.82) is 0 Å². The van der Waals surface area contributed by atoms with Gasteiger partial charge in [0.15, 0.2) is 0 Å². The maximum absolute atomic E-state index is 12.3. The van der Waals surface area contributed by atoms with Gasteiger partial charge < -0.3 is 9.52 Å². The van der Waals surface area contributed by atoms with Crippen LogP contribution in [0.2, 0.25) is 0 Å². The second-order valence-corrected chi connectivity index (χ2v) is 6.40. The number of hydrogen-bond donors (Lipinski definition) is 1. The molecule has 3 nitrogen and oxygen atoms in total. The van der Waals surface area contributed by atoms with Crippen LogP contribution in [0.15, 0.2) is 39.5 Å². The molecule has 1 aliphatic carbocycles. The molecular weight excluding hydrogens is 288 g/mol. The molecular formula is C20H24O3. The molecule has 3 rings (SSSR count). The molecule has 1 N–H and O–H groups in total. The molecule has 1 heterocycles. The number of hydrogen-bond acceptors (Lipinski definition) is 3. The fraction of sp³-hybridized carbons (Fsp3) is 0.450. The molecule has 1 aromatic carbocycles. The molecule has 0 spiro atoms. The Morgan fingerprint density at radius 3 is 2.30 bits per heavy atom. The van der Waals surface area contributed by atoms with Gasteiger partial charge in [-0.2, -0.15) is 0 Å². The first kappa shape index (κ1) is 15.9. The van der Waals surface area contributed by atoms with Crippen LogP contribution in [0.5, 0.6) is 5.75 Å². The van der Waals surface area contributed by atoms with E-state index in [0.29, 0.717) is 17.7 Å². The SMILES string of the molecule is O=c1oc2c(c(O)c1Cc1ccccc1)CCCCCCCC2. The van der Waals surface area contributed by atoms with Crippen molar-refractivity contribution in [3.63, 3.8) is 0 Å². The summed E-state index contributed by atoms with van der Waals surface area (Å²) in [6.45, 7) is 0. The van der Waals surface area contributed by atoms with Gasteiger partial charge >= 0.3 is 5.63 Å². The van der Waals surface area contributed by atoms with Crippen LogP contribution >= 0.6 is 0 Å². The molecule has 1 aromatic heterocycles. The summed E-state index contributed by atoms with van der Waals surface area (Å²) in [6, 6.07) is 9.75. The van der Waals surface area contributed by atoms with E-state index < -0.39 is 0 Å². The molecule has 0 bridgehead atoms. The molecule has 0 unspecified atom stereocenters. The Balaban J connectivity index is 1.96. The van der Waals surface area contributed by atoms with Crippen LogP contribution in [0.4, 0.5) is 0 Å². The van der Waals surface area contributed by atoms with Crippen LogP contribution in [0.1, 0.15) is 61.0 Å². The van der Waals surface area contributed by atoms with Gasteiger partial charge in [0.2, 0.25) is 0 Å². The summed E-state index contributed by atoms with van der Waals surface area (Å²) < 4.78 is 5.60. The molecule has 0 saturated heterocycles. The maximum Gasteiger partial charge on any atom is 0.343 e. The van der Waals surface area contributed by atoms with E-state index >= 15 is 0 Å². The Morgan fingerprint density at radius 2 is 1.57 bits per heavy atom. The van der Waals surface area contributed by atoms with Gasteiger partial charge in [-0.3, -0.25) is 0 Å². The van der Waals surface area contributed by atoms with Crippen LogP contribution in [0.3, 0.4) is 0 Å². The van der Waals surface area contributed by atoms with Crippen LogP contribution in [-0.2, 0) is 19.3 Å². The van der Waals surface area contributed by atoms with Crippen molar-refractivity contribution in [1.82, 2.24) is 0 Å². The Bertz CT molecular complexity index is 701. The minimum Gasteiger partial charge on any atom is -0.507 e. The summed E-state index contributed by atoms with van der Waals surface area (Å²) in [5, 5.41) is 10.7. The van der Waals surface area contributed by atoms with Crippen molar-refractivity contribution in [3.8, 4) is 5.75 Å². The fourth-order valence-electron chi connectivity index (χ4n) is 3.36. The van der Waals surface area contributed by atoms with Crippen LogP contribution in [-0.4, -0.2) is 5.11 Å². The third-order valence-corrected chi connectivity index (χ3v) is 4.67. The highest BCUT2D eigenvalue weighted by Gasteiger charge is 2.19. The van der Waals surface area contributed by atoms with E-state index in [1.54, 1.807) is 0 Å². The largest absolute Gasteiger partial charge is 0.507 e. The van der Waals surface area contributed by atoms with E-state index in [0.717, 1.165) is 43.2 Å². The normalized spacial score (nSPS) is 15.8. The van der Waals surface area contributed by atoms with Gasteiger partial charge in [0.05, 0.1) is 5.56 Å². The highest BCUT2D eigenvalue weighted by molar-refractivity contribution is 5.42. The van der Waals surface area contributed by atoms with Crippen molar-refractivity contribution < 1.29 is 9.52 Å². The van der Waals surface area contributed by atoms with Gasteiger partial charge in [-0.15, -0.1) is 0 Å². The van der Waals surface area contributed by atoms with Crippen LogP contribution < -0.4 is 5.63 Å². The molecule has 122 valence electrons. The quantitative estimate of drug-likeness (QED) is 0.895. The summed E-state index contributed by atoms with van der Waals surface area (Å²) >= 11 is 0. The van der Waals surface area contributed by atoms with Crippen LogP contribution in [0.25, 0.3) is 0 Å². The monoisotopic (exact) mass is 312 g/mol. The first-order valence-electron chi connectivity index (χ1n) is 8.66. The Morgan fingerprint density at radius 1 is 0.913 bits per heavy atom. The first-order chi connectivity index (χ1) is 11.3. The van der Waals surface area contributed by atoms with Crippen molar-refractivity contribution in [2.75, 3.05) is 0 Å². The predicted octanol–water partition coefficient (Wildman–Crippen LogP) is 4.38. The molecule has 0 radical (unpaired) electrons. The third kappa shape index (κ3) is 3.84. The van der Waals surface area contributed by atoms with Gasteiger partial charge in [-0.25, -0.2) is 4.79 Å². The molecule has 23 heavy (non-hydrogen) atoms. The zero-order valence-electron chi connectivity index (χ0n) is 13.5. The lowest BCUT2D eigenvalue weighted by Crippen LogP contribution is -2.13. The standard InChI is InChI=1S/C20H24O3/c21-19-16-12-8-3-1-2-4-9-13-18(16)23-20(22)17(19)14-15-10-6-5-7-11-15/h5-7,10-11,21H,1-4,8-9,12-14H2. The number of aromatic hydroxyl groups is 1. The topological polar surface area (TPSA) is 50.4 Å². The summed E-state index contributed by atoms with van der Waals surface area (Å²) in [5.74, 6) is 0.867. The summed E-state index contributed by atoms with van der Waals surface area (Å²) in [7, 11) is 0. The van der Waals surface area contributed by atoms with Gasteiger partial charge in [0.1, 0.15) is 11.5 Å². The molecule has 0 fully saturated rings. The highest BCUT2D eigenvalue weighted by Crippen LogP contribution is 2.29. The van der Waals surface area contributed by atoms with E-state index in [2.05, 4.69) is 0 Å². The molecule has 1 aliphatic rings. The van der Waals surface area contributed by atoms with E-state index in [1.807, 2.05) is 30.3 Å². The minimum absolute atomic E-state index is 0.167. The Hall–Kier alpha value is -2.03. The Labute approximate surface area is 137 Å². The summed E-state index contributed by atoms with van der Waals surface area (Å²) in [4.78, 5) is 12.3. The average Bonchev–Trinajstić information content (AvgIpc) is 2.57. The molecule has 2 aromatic rings. The van der Waals surface area contributed by atoms with Gasteiger partial charge in [-0.05, 0) is 24.8 Å². The molecule has 3 heteroatoms. The second kappa shape index (κ2) is 7.49. The summed E-state index contributed by atoms with van der Waals surface area (Å²) in [5.41, 5.74) is 1.88. The van der Waals surface area contributed by atoms with Crippen molar-refractivity contribution >= 4 is 0 Å². The number of rotatable bonds is 2. The zero-order valence-corrected chi connectivity index (χ0v) is 13.5. The average molecular weight is 312 g/mol. The van der Waals surface area contributed by atoms with E-state index in [4.69, 9.17) is 4.42 Å². The molecule has 0 amide bonds. The lowest BCUT2D eigenvalue weighted by atomic mass is 9.95. The second-order valence-electron chi connectivity index (χ2n) is 6.40. The molecule has 0 atom stereocenters. The third-order valence-electron chi connectivity index (χ3n) is 4.67. The molecule has 0 saturated carbocycles. The van der Waals surface area contributed by atoms with Crippen LogP contribution in [0, 0.1) is 0 Å². The number of aryl methyl sites for hydroxylation is 1. The van der Waals surface area contributed by atoms with Gasteiger partial charge in [0.25, 0.3) is 0 Å². The van der Waals surface area contributed by atoms with E-state index in [-0.39, 0.29) is 11.4 Å². The lowest BCUT2D eigenvalue weighted by Gasteiger charge is -2.15. The highest BCUT2D eigenvalue weighted by atomic mass is 16.4. The lowest BCUT2D eigenvalue weighted by molar-refractivity contribution is 0.393. The van der Waals surface area contributed by atoms with Gasteiger partial charge in [-0.1, -0.05) is 56.0 Å². The first-order valence-corrected chi connectivity index (χ1v) is 8.66. The van der Waals surface area contributed by atoms with E-state index in [9.17, 15) is 9.90 Å². The van der Waals surface area contributed by atoms with Gasteiger partial charge in [0, 0.05) is 18.4 Å². The van der Waals surface area contributed by atoms with E-state index in [1.165, 1.54) is 19.3 Å². The number of fused-ring (bicyclic) bond motifs is 1. The smallest absolute Gasteiger partial charge is 0.343 e. The molecule has 0 aliphatic heterocycles. The Kier molecular flexibility index (Phi) is 5.16. The maximum atomic E-state index is 12.3. The van der Waals surface area contributed by atoms with Crippen molar-refractivity contribution in [2.45, 2.75) is 57.8 Å². The number of benzene rings is 1. The predicted molar refractivity (Wildman–Crippen MR) is 91.0 cm³/mol.